The molecule has 8 N–H and O–H groups in total. The molecule has 474 valence electrons. The fraction of sp³-hybridized carbons (Fsp3) is 0.814. The number of carbonyl (C=O) groups is 11. The average molecular weight is 1170 g/mol. The number of nitrogens with one attached hydrogen (secondary N) is 3. The van der Waals surface area contributed by atoms with Crippen molar-refractivity contribution in [2.24, 2.45) is 17.8 Å². The van der Waals surface area contributed by atoms with E-state index >= 15 is 0 Å². The minimum Gasteiger partial charge on any atom is -0.481 e. The Morgan fingerprint density at radius 2 is 0.915 bits per heavy atom. The quantitative estimate of drug-likeness (QED) is 0.0285. The number of ketones is 4. The molecule has 82 heavy (non-hydrogen) atoms. The molecule has 23 nitrogen and oxygen atoms in total. The number of Topliss-reactive ketones (excluding diaryl/α,β-unsaturated/α-hetero) is 4. The molecule has 0 fully saturated rings. The lowest BCUT2D eigenvalue weighted by Gasteiger charge is -2.14. The summed E-state index contributed by atoms with van der Waals surface area (Å²) in [4.78, 5) is 129. The van der Waals surface area contributed by atoms with E-state index in [1.165, 1.54) is 52.0 Å². The molecule has 0 heterocycles. The van der Waals surface area contributed by atoms with Crippen molar-refractivity contribution in [1.82, 2.24) is 16.0 Å². The number of hydrogen-bond acceptors (Lipinski definition) is 16. The number of rotatable bonds is 58. The smallest absolute Gasteiger partial charge is 0.326 e. The monoisotopic (exact) mass is 1170 g/mol. The summed E-state index contributed by atoms with van der Waals surface area (Å²) in [5.74, 6) is -8.60. The van der Waals surface area contributed by atoms with Gasteiger partial charge < -0.3 is 60.4 Å². The van der Waals surface area contributed by atoms with Crippen LogP contribution in [-0.2, 0) is 71.7 Å². The molecular formula is C59H103N3O20. The van der Waals surface area contributed by atoms with Gasteiger partial charge in [0.2, 0.25) is 17.7 Å². The summed E-state index contributed by atoms with van der Waals surface area (Å²) in [6.07, 6.45) is 19.3. The van der Waals surface area contributed by atoms with Crippen LogP contribution in [0.15, 0.2) is 0 Å². The minimum atomic E-state index is -1.22. The number of unbranched alkanes of at least 4 members (excludes halogenated alkanes) is 14. The molecule has 0 saturated heterocycles. The number of aliphatic carboxylic acids is 4. The van der Waals surface area contributed by atoms with Crippen LogP contribution >= 0.6 is 0 Å². The molecule has 0 unspecified atom stereocenters. The fourth-order valence-electron chi connectivity index (χ4n) is 8.55. The van der Waals surface area contributed by atoms with Gasteiger partial charge in [-0.3, -0.25) is 47.9 Å². The number of aliphatic hydroxyl groups is 1. The molecule has 0 aliphatic heterocycles. The first kappa shape index (κ1) is 78.8. The van der Waals surface area contributed by atoms with Crippen LogP contribution in [0.3, 0.4) is 0 Å². The number of ether oxygens (including phenoxy) is 4. The summed E-state index contributed by atoms with van der Waals surface area (Å²) in [5, 5.41) is 53.6. The summed E-state index contributed by atoms with van der Waals surface area (Å²) in [5.41, 5.74) is 0. The van der Waals surface area contributed by atoms with Gasteiger partial charge in [-0.15, -0.1) is 0 Å². The van der Waals surface area contributed by atoms with Crippen molar-refractivity contribution in [1.29, 1.82) is 0 Å². The second kappa shape index (κ2) is 55.0. The molecule has 3 amide bonds. The van der Waals surface area contributed by atoms with Gasteiger partial charge in [-0.1, -0.05) is 97.3 Å². The Labute approximate surface area is 486 Å². The SMILES string of the molecule is CCCOCCOCC(=O)C[C@@H](CCC(=O)C[C@@H](CCC(=O)NCCCC[C@H](CC)C(=O)CO)C(=O)O)C(=O)O.CNC(=O)COCCOCCCC(=O)CC[C@H](NC(=O)CCCCCCCCCCCCCCCCC(=O)O)C(=O)O. The summed E-state index contributed by atoms with van der Waals surface area (Å²) in [6, 6.07) is -1.06. The summed E-state index contributed by atoms with van der Waals surface area (Å²) in [6.45, 7) is 5.55. The molecule has 0 bridgehead atoms. The maximum absolute atomic E-state index is 12.4. The van der Waals surface area contributed by atoms with Gasteiger partial charge in [0.15, 0.2) is 11.6 Å². The number of amides is 3. The van der Waals surface area contributed by atoms with Crippen LogP contribution in [0.2, 0.25) is 0 Å². The molecule has 4 atom stereocenters. The van der Waals surface area contributed by atoms with Gasteiger partial charge in [0, 0.05) is 84.1 Å². The predicted octanol–water partition coefficient (Wildman–Crippen LogP) is 6.97. The largest absolute Gasteiger partial charge is 0.481 e. The first-order chi connectivity index (χ1) is 39.3. The Bertz CT molecular complexity index is 1800. The Kier molecular flexibility index (Phi) is 52.9. The molecule has 0 aliphatic carbocycles. The third-order valence-corrected chi connectivity index (χ3v) is 13.5. The molecule has 0 spiro atoms. The molecule has 0 rings (SSSR count). The highest BCUT2D eigenvalue weighted by molar-refractivity contribution is 5.87. The maximum atomic E-state index is 12.4. The molecule has 23 heteroatoms. The van der Waals surface area contributed by atoms with E-state index in [2.05, 4.69) is 16.0 Å². The zero-order chi connectivity index (χ0) is 61.6. The summed E-state index contributed by atoms with van der Waals surface area (Å²) >= 11 is 0. The molecule has 0 aliphatic rings. The second-order valence-electron chi connectivity index (χ2n) is 20.7. The second-order valence-corrected chi connectivity index (χ2v) is 20.7. The van der Waals surface area contributed by atoms with Crippen LogP contribution < -0.4 is 16.0 Å². The fourth-order valence-corrected chi connectivity index (χ4v) is 8.55. The Morgan fingerprint density at radius 3 is 1.43 bits per heavy atom. The van der Waals surface area contributed by atoms with Gasteiger partial charge in [-0.2, -0.15) is 0 Å². The lowest BCUT2D eigenvalue weighted by atomic mass is 9.91. The number of carboxylic acids is 4. The number of carboxylic acid groups (broad SMARTS) is 4. The van der Waals surface area contributed by atoms with E-state index < -0.39 is 59.9 Å². The first-order valence-electron chi connectivity index (χ1n) is 30.0. The van der Waals surface area contributed by atoms with E-state index in [9.17, 15) is 68.1 Å². The third kappa shape index (κ3) is 50.5. The highest BCUT2D eigenvalue weighted by Crippen LogP contribution is 2.19. The van der Waals surface area contributed by atoms with E-state index in [1.54, 1.807) is 0 Å². The molecule has 0 radical (unpaired) electrons. The van der Waals surface area contributed by atoms with Gasteiger partial charge in [-0.25, -0.2) is 4.79 Å². The molecule has 0 saturated carbocycles. The van der Waals surface area contributed by atoms with E-state index in [1.807, 2.05) is 13.8 Å². The van der Waals surface area contributed by atoms with Crippen molar-refractivity contribution >= 4 is 64.7 Å². The number of hydrogen-bond donors (Lipinski definition) is 8. The first-order valence-corrected chi connectivity index (χ1v) is 30.0. The number of carbonyl (C=O) groups excluding carboxylic acids is 7. The number of likely N-dealkylation sites (N-methyl/N-ethyl adjacent to an activating group) is 1. The van der Waals surface area contributed by atoms with Crippen molar-refractivity contribution in [2.75, 3.05) is 73.1 Å². The van der Waals surface area contributed by atoms with E-state index in [0.717, 1.165) is 51.4 Å². The van der Waals surface area contributed by atoms with Crippen molar-refractivity contribution < 1.29 is 97.2 Å². The predicted molar refractivity (Wildman–Crippen MR) is 305 cm³/mol. The maximum Gasteiger partial charge on any atom is 0.326 e. The Balaban J connectivity index is 0. The highest BCUT2D eigenvalue weighted by Gasteiger charge is 2.26. The Morgan fingerprint density at radius 1 is 0.415 bits per heavy atom. The topological polar surface area (TPSA) is 362 Å². The summed E-state index contributed by atoms with van der Waals surface area (Å²) < 4.78 is 20.9. The average Bonchev–Trinajstić information content (AvgIpc) is 3.45. The zero-order valence-corrected chi connectivity index (χ0v) is 49.7. The van der Waals surface area contributed by atoms with E-state index in [0.29, 0.717) is 65.1 Å². The van der Waals surface area contributed by atoms with E-state index in [-0.39, 0.29) is 132 Å². The Hall–Kier alpha value is -5.23. The van der Waals surface area contributed by atoms with Crippen LogP contribution in [0, 0.1) is 17.8 Å². The van der Waals surface area contributed by atoms with Gasteiger partial charge >= 0.3 is 23.9 Å². The summed E-state index contributed by atoms with van der Waals surface area (Å²) in [7, 11) is 1.53. The van der Waals surface area contributed by atoms with Crippen molar-refractivity contribution in [3.63, 3.8) is 0 Å². The molecule has 0 aromatic rings. The van der Waals surface area contributed by atoms with Crippen molar-refractivity contribution in [3.8, 4) is 0 Å². The molecule has 0 aromatic heterocycles. The van der Waals surface area contributed by atoms with Crippen LogP contribution in [0.1, 0.15) is 213 Å². The van der Waals surface area contributed by atoms with Gasteiger partial charge in [0.25, 0.3) is 0 Å². The minimum absolute atomic E-state index is 0.0242. The number of aliphatic hydroxyl groups excluding tert-OH is 1. The lowest BCUT2D eigenvalue weighted by Crippen LogP contribution is -2.41. The molecule has 0 aromatic carbocycles. The van der Waals surface area contributed by atoms with Crippen LogP contribution in [0.4, 0.5) is 0 Å². The van der Waals surface area contributed by atoms with Gasteiger partial charge in [-0.05, 0) is 64.2 Å². The zero-order valence-electron chi connectivity index (χ0n) is 49.7. The molecular weight excluding hydrogens is 1070 g/mol. The van der Waals surface area contributed by atoms with Gasteiger partial charge in [0.1, 0.15) is 37.4 Å². The van der Waals surface area contributed by atoms with Gasteiger partial charge in [0.05, 0.1) is 38.3 Å². The lowest BCUT2D eigenvalue weighted by molar-refractivity contribution is -0.146. The standard InChI is InChI=1S/C31H56N2O9.C28H47NO11/c1-32-29(36)25-42-24-23-41-22-16-17-26(34)20-21-27(31(39)40)33-28(35)18-14-12-10-8-6-4-2-3-5-7-9-11-13-15-19-30(37)38;1-3-13-39-14-15-40-19-24(32)17-21(27(35)36)8-10-23(31)16-22(28(37)38)9-11-26(34)29-12-6-5-7-20(4-2)25(33)18-30/h27H,2-25H2,1H3,(H,32,36)(H,33,35)(H,37,38)(H,39,40);20-22,30H,3-19H2,1-2H3,(H,29,34)(H,35,36)(H,37,38)/t27-;20-,21+,22+/m00/s1. The van der Waals surface area contributed by atoms with Crippen molar-refractivity contribution in [3.05, 3.63) is 0 Å². The van der Waals surface area contributed by atoms with Crippen LogP contribution in [0.5, 0.6) is 0 Å². The van der Waals surface area contributed by atoms with Crippen LogP contribution in [-0.4, -0.2) is 169 Å². The highest BCUT2D eigenvalue weighted by atomic mass is 16.5. The normalized spacial score (nSPS) is 12.4. The van der Waals surface area contributed by atoms with Crippen molar-refractivity contribution in [2.45, 2.75) is 219 Å². The van der Waals surface area contributed by atoms with E-state index in [4.69, 9.17) is 29.2 Å². The third-order valence-electron chi connectivity index (χ3n) is 13.5. The van der Waals surface area contributed by atoms with Crippen LogP contribution in [0.25, 0.3) is 0 Å².